The zero-order valence-corrected chi connectivity index (χ0v) is 13.4. The van der Waals surface area contributed by atoms with Crippen molar-refractivity contribution in [1.29, 1.82) is 0 Å². The summed E-state index contributed by atoms with van der Waals surface area (Å²) in [5.74, 6) is 0.893. The lowest BCUT2D eigenvalue weighted by Gasteiger charge is -2.07. The first-order valence-corrected chi connectivity index (χ1v) is 8.21. The molecule has 25 heavy (non-hydrogen) atoms. The Hall–Kier alpha value is -3.03. The lowest BCUT2D eigenvalue weighted by Crippen LogP contribution is -2.30. The van der Waals surface area contributed by atoms with Crippen LogP contribution in [0.2, 0.25) is 0 Å². The first-order valence-electron chi connectivity index (χ1n) is 8.21. The normalized spacial score (nSPS) is 13.8. The number of halogens is 1. The molecule has 0 unspecified atom stereocenters. The van der Waals surface area contributed by atoms with Crippen LogP contribution in [0.1, 0.15) is 12.8 Å². The number of anilines is 1. The Bertz CT molecular complexity index is 920. The summed E-state index contributed by atoms with van der Waals surface area (Å²) in [6, 6.07) is 9.91. The molecule has 0 spiro atoms. The number of fused-ring (bicyclic) bond motifs is 1. The van der Waals surface area contributed by atoms with Crippen molar-refractivity contribution in [2.24, 2.45) is 5.92 Å². The van der Waals surface area contributed by atoms with Crippen molar-refractivity contribution in [1.82, 2.24) is 25.1 Å². The zero-order chi connectivity index (χ0) is 17.2. The number of hydrogen-bond donors (Lipinski definition) is 2. The summed E-state index contributed by atoms with van der Waals surface area (Å²) in [4.78, 5) is 11.6. The number of nitrogens with one attached hydrogen (secondary N) is 2. The van der Waals surface area contributed by atoms with E-state index in [0.29, 0.717) is 35.9 Å². The highest BCUT2D eigenvalue weighted by atomic mass is 19.1. The Morgan fingerprint density at radius 2 is 2.00 bits per heavy atom. The number of nitrogens with zero attached hydrogens (tertiary/aromatic N) is 4. The number of carbonyl (C=O) groups excluding carboxylic acids is 1. The van der Waals surface area contributed by atoms with E-state index in [1.54, 1.807) is 30.3 Å². The lowest BCUT2D eigenvalue weighted by atomic mass is 10.2. The summed E-state index contributed by atoms with van der Waals surface area (Å²) >= 11 is 0. The SMILES string of the molecule is O=C(NCCNc1ccc2nnc(-c3ccccc3F)n2n1)C1CC1. The molecule has 0 bridgehead atoms. The third-order valence-electron chi connectivity index (χ3n) is 4.06. The average Bonchev–Trinajstić information content (AvgIpc) is 3.40. The van der Waals surface area contributed by atoms with Gasteiger partial charge in [-0.2, -0.15) is 4.52 Å². The van der Waals surface area contributed by atoms with Crippen molar-refractivity contribution in [3.8, 4) is 11.4 Å². The van der Waals surface area contributed by atoms with Crippen molar-refractivity contribution in [3.05, 3.63) is 42.2 Å². The number of benzene rings is 1. The first-order chi connectivity index (χ1) is 12.2. The number of hydrogen-bond acceptors (Lipinski definition) is 5. The maximum Gasteiger partial charge on any atom is 0.223 e. The predicted molar refractivity (Wildman–Crippen MR) is 90.4 cm³/mol. The number of aromatic nitrogens is 4. The molecule has 1 aromatic carbocycles. The number of rotatable bonds is 6. The highest BCUT2D eigenvalue weighted by molar-refractivity contribution is 5.80. The van der Waals surface area contributed by atoms with E-state index < -0.39 is 0 Å². The highest BCUT2D eigenvalue weighted by Crippen LogP contribution is 2.28. The molecule has 0 radical (unpaired) electrons. The third kappa shape index (κ3) is 3.28. The fourth-order valence-electron chi connectivity index (χ4n) is 2.56. The Morgan fingerprint density at radius 1 is 1.16 bits per heavy atom. The second-order valence-electron chi connectivity index (χ2n) is 5.98. The molecule has 128 valence electrons. The van der Waals surface area contributed by atoms with Gasteiger partial charge in [0.1, 0.15) is 11.6 Å². The summed E-state index contributed by atoms with van der Waals surface area (Å²) < 4.78 is 15.5. The average molecular weight is 340 g/mol. The maximum absolute atomic E-state index is 14.0. The van der Waals surface area contributed by atoms with Gasteiger partial charge in [-0.3, -0.25) is 4.79 Å². The van der Waals surface area contributed by atoms with Gasteiger partial charge in [0, 0.05) is 19.0 Å². The Morgan fingerprint density at radius 3 is 2.80 bits per heavy atom. The van der Waals surface area contributed by atoms with Crippen molar-refractivity contribution in [3.63, 3.8) is 0 Å². The van der Waals surface area contributed by atoms with Crippen molar-refractivity contribution < 1.29 is 9.18 Å². The number of amides is 1. The van der Waals surface area contributed by atoms with E-state index in [4.69, 9.17) is 0 Å². The molecule has 7 nitrogen and oxygen atoms in total. The molecule has 0 aliphatic heterocycles. The van der Waals surface area contributed by atoms with Crippen LogP contribution in [-0.4, -0.2) is 38.8 Å². The predicted octanol–water partition coefficient (Wildman–Crippen LogP) is 1.87. The van der Waals surface area contributed by atoms with Crippen LogP contribution in [0.4, 0.5) is 10.2 Å². The van der Waals surface area contributed by atoms with Crippen molar-refractivity contribution in [2.45, 2.75) is 12.8 Å². The molecular formula is C17H17FN6O. The van der Waals surface area contributed by atoms with E-state index in [0.717, 1.165) is 12.8 Å². The van der Waals surface area contributed by atoms with Crippen LogP contribution >= 0.6 is 0 Å². The third-order valence-corrected chi connectivity index (χ3v) is 4.06. The van der Waals surface area contributed by atoms with Gasteiger partial charge in [0.25, 0.3) is 0 Å². The van der Waals surface area contributed by atoms with Gasteiger partial charge in [-0.1, -0.05) is 12.1 Å². The first kappa shape index (κ1) is 15.5. The molecule has 2 N–H and O–H groups in total. The van der Waals surface area contributed by atoms with Crippen LogP contribution in [-0.2, 0) is 4.79 Å². The molecule has 0 saturated heterocycles. The van der Waals surface area contributed by atoms with Crippen LogP contribution < -0.4 is 10.6 Å². The van der Waals surface area contributed by atoms with E-state index in [1.165, 1.54) is 10.6 Å². The number of carbonyl (C=O) groups is 1. The highest BCUT2D eigenvalue weighted by Gasteiger charge is 2.28. The molecule has 4 rings (SSSR count). The maximum atomic E-state index is 14.0. The fourth-order valence-corrected chi connectivity index (χ4v) is 2.56. The molecule has 1 fully saturated rings. The van der Waals surface area contributed by atoms with E-state index in [2.05, 4.69) is 25.9 Å². The second-order valence-corrected chi connectivity index (χ2v) is 5.98. The lowest BCUT2D eigenvalue weighted by molar-refractivity contribution is -0.122. The van der Waals surface area contributed by atoms with Gasteiger partial charge >= 0.3 is 0 Å². The fraction of sp³-hybridized carbons (Fsp3) is 0.294. The topological polar surface area (TPSA) is 84.2 Å². The molecule has 1 aliphatic rings. The van der Waals surface area contributed by atoms with E-state index in [9.17, 15) is 9.18 Å². The molecule has 1 saturated carbocycles. The molecule has 1 amide bonds. The van der Waals surface area contributed by atoms with Gasteiger partial charge in [0.05, 0.1) is 5.56 Å². The smallest absolute Gasteiger partial charge is 0.223 e. The molecule has 0 atom stereocenters. The second kappa shape index (κ2) is 6.46. The van der Waals surface area contributed by atoms with Crippen molar-refractivity contribution >= 4 is 17.4 Å². The standard InChI is InChI=1S/C17H17FN6O/c18-13-4-2-1-3-12(13)16-22-21-15-8-7-14(23-24(15)16)19-9-10-20-17(25)11-5-6-11/h1-4,7-8,11H,5-6,9-10H2,(H,19,23)(H,20,25). The molecule has 8 heteroatoms. The van der Waals surface area contributed by atoms with Crippen LogP contribution in [0.3, 0.4) is 0 Å². The molecule has 2 heterocycles. The summed E-state index contributed by atoms with van der Waals surface area (Å²) in [6.45, 7) is 1.07. The van der Waals surface area contributed by atoms with E-state index in [1.807, 2.05) is 0 Å². The van der Waals surface area contributed by atoms with Crippen LogP contribution in [0.15, 0.2) is 36.4 Å². The van der Waals surface area contributed by atoms with Crippen LogP contribution in [0, 0.1) is 11.7 Å². The molecule has 3 aromatic rings. The summed E-state index contributed by atoms with van der Waals surface area (Å²) in [6.07, 6.45) is 1.98. The van der Waals surface area contributed by atoms with Gasteiger partial charge in [-0.15, -0.1) is 15.3 Å². The van der Waals surface area contributed by atoms with Crippen LogP contribution in [0.25, 0.3) is 17.0 Å². The van der Waals surface area contributed by atoms with Gasteiger partial charge < -0.3 is 10.6 Å². The largest absolute Gasteiger partial charge is 0.367 e. The minimum absolute atomic E-state index is 0.117. The Balaban J connectivity index is 1.48. The Kier molecular flexibility index (Phi) is 4.01. The summed E-state index contributed by atoms with van der Waals surface area (Å²) in [5, 5.41) is 18.5. The minimum Gasteiger partial charge on any atom is -0.367 e. The van der Waals surface area contributed by atoms with Gasteiger partial charge in [0.15, 0.2) is 11.5 Å². The van der Waals surface area contributed by atoms with Gasteiger partial charge in [-0.05, 0) is 37.1 Å². The molecule has 2 aromatic heterocycles. The summed E-state index contributed by atoms with van der Waals surface area (Å²) in [7, 11) is 0. The van der Waals surface area contributed by atoms with E-state index in [-0.39, 0.29) is 17.6 Å². The Labute approximate surface area is 143 Å². The van der Waals surface area contributed by atoms with Crippen molar-refractivity contribution in [2.75, 3.05) is 18.4 Å². The monoisotopic (exact) mass is 340 g/mol. The minimum atomic E-state index is -0.375. The van der Waals surface area contributed by atoms with Gasteiger partial charge in [0.2, 0.25) is 5.91 Å². The molecular weight excluding hydrogens is 323 g/mol. The summed E-state index contributed by atoms with van der Waals surface area (Å²) in [5.41, 5.74) is 0.877. The van der Waals surface area contributed by atoms with E-state index >= 15 is 0 Å². The zero-order valence-electron chi connectivity index (χ0n) is 13.4. The quantitative estimate of drug-likeness (QED) is 0.669. The van der Waals surface area contributed by atoms with Crippen LogP contribution in [0.5, 0.6) is 0 Å². The van der Waals surface area contributed by atoms with Gasteiger partial charge in [-0.25, -0.2) is 4.39 Å². The molecule has 1 aliphatic carbocycles.